The largest absolute Gasteiger partial charge is 0.317 e. The molecule has 3 rings (SSSR count). The van der Waals surface area contributed by atoms with Crippen molar-refractivity contribution in [2.75, 3.05) is 59.4 Å². The molecule has 0 bridgehead atoms. The predicted molar refractivity (Wildman–Crippen MR) is 92.6 cm³/mol. The van der Waals surface area contributed by atoms with Crippen LogP contribution in [0.1, 0.15) is 52.4 Å². The van der Waals surface area contributed by atoms with Gasteiger partial charge in [-0.2, -0.15) is 0 Å². The molecular formula is C17H38N4. The van der Waals surface area contributed by atoms with Crippen molar-refractivity contribution < 1.29 is 0 Å². The Labute approximate surface area is 132 Å². The first-order chi connectivity index (χ1) is 10.4. The molecule has 3 heterocycles. The third-order valence-electron chi connectivity index (χ3n) is 4.42. The lowest BCUT2D eigenvalue weighted by atomic mass is 10.1. The molecule has 0 saturated carbocycles. The molecule has 0 amide bonds. The van der Waals surface area contributed by atoms with Gasteiger partial charge in [-0.05, 0) is 45.8 Å². The molecule has 0 aromatic carbocycles. The van der Waals surface area contributed by atoms with E-state index in [-0.39, 0.29) is 0 Å². The summed E-state index contributed by atoms with van der Waals surface area (Å²) in [6.07, 6.45) is 8.44. The maximum Gasteiger partial charge on any atom is 0.0261 e. The van der Waals surface area contributed by atoms with Gasteiger partial charge in [-0.15, -0.1) is 0 Å². The fourth-order valence-electron chi connectivity index (χ4n) is 3.04. The van der Waals surface area contributed by atoms with Crippen LogP contribution in [0.15, 0.2) is 0 Å². The zero-order valence-electron chi connectivity index (χ0n) is 14.7. The third-order valence-corrected chi connectivity index (χ3v) is 4.42. The molecule has 3 fully saturated rings. The van der Waals surface area contributed by atoms with E-state index in [0.717, 1.165) is 0 Å². The minimum atomic E-state index is 1.23. The number of likely N-dealkylation sites (N-methyl/N-ethyl adjacent to an activating group) is 1. The van der Waals surface area contributed by atoms with Gasteiger partial charge in [0.25, 0.3) is 0 Å². The van der Waals surface area contributed by atoms with Crippen LogP contribution < -0.4 is 5.32 Å². The lowest BCUT2D eigenvalue weighted by Gasteiger charge is -2.41. The van der Waals surface area contributed by atoms with Gasteiger partial charge in [0.2, 0.25) is 0 Å². The van der Waals surface area contributed by atoms with Crippen LogP contribution >= 0.6 is 0 Å². The lowest BCUT2D eigenvalue weighted by Crippen LogP contribution is -2.54. The van der Waals surface area contributed by atoms with Crippen molar-refractivity contribution in [3.8, 4) is 0 Å². The smallest absolute Gasteiger partial charge is 0.0261 e. The lowest BCUT2D eigenvalue weighted by molar-refractivity contribution is -0.0645. The summed E-state index contributed by atoms with van der Waals surface area (Å²) >= 11 is 0. The van der Waals surface area contributed by atoms with Gasteiger partial charge in [0.15, 0.2) is 0 Å². The fraction of sp³-hybridized carbons (Fsp3) is 1.00. The Bertz CT molecular complexity index is 205. The van der Waals surface area contributed by atoms with E-state index >= 15 is 0 Å². The monoisotopic (exact) mass is 298 g/mol. The normalized spacial score (nSPS) is 25.3. The summed E-state index contributed by atoms with van der Waals surface area (Å²) < 4.78 is 0. The Balaban J connectivity index is 0.000000231. The van der Waals surface area contributed by atoms with Gasteiger partial charge >= 0.3 is 0 Å². The first-order valence-electron chi connectivity index (χ1n) is 9.25. The number of hydrogen-bond acceptors (Lipinski definition) is 4. The number of hydrazine groups is 1. The summed E-state index contributed by atoms with van der Waals surface area (Å²) in [5.74, 6) is 0. The van der Waals surface area contributed by atoms with Crippen molar-refractivity contribution in [1.29, 1.82) is 0 Å². The van der Waals surface area contributed by atoms with Crippen LogP contribution in [0.25, 0.3) is 0 Å². The highest BCUT2D eigenvalue weighted by molar-refractivity contribution is 4.70. The third kappa shape index (κ3) is 8.15. The van der Waals surface area contributed by atoms with E-state index in [9.17, 15) is 0 Å². The average molecular weight is 299 g/mol. The van der Waals surface area contributed by atoms with Gasteiger partial charge in [-0.25, -0.2) is 10.0 Å². The Morgan fingerprint density at radius 3 is 1.48 bits per heavy atom. The first-order valence-corrected chi connectivity index (χ1v) is 9.25. The summed E-state index contributed by atoms with van der Waals surface area (Å²) in [6.45, 7) is 14.0. The zero-order chi connectivity index (χ0) is 15.3. The highest BCUT2D eigenvalue weighted by Gasteiger charge is 2.21. The minimum absolute atomic E-state index is 1.23. The van der Waals surface area contributed by atoms with Crippen molar-refractivity contribution in [1.82, 2.24) is 20.2 Å². The highest BCUT2D eigenvalue weighted by atomic mass is 15.6. The zero-order valence-corrected chi connectivity index (χ0v) is 14.7. The van der Waals surface area contributed by atoms with Gasteiger partial charge in [0, 0.05) is 39.3 Å². The second-order valence-electron chi connectivity index (χ2n) is 6.08. The Morgan fingerprint density at radius 2 is 1.05 bits per heavy atom. The molecule has 3 aliphatic heterocycles. The molecule has 0 aromatic heterocycles. The number of hydrogen-bond donors (Lipinski definition) is 1. The molecule has 4 nitrogen and oxygen atoms in total. The number of piperidine rings is 2. The van der Waals surface area contributed by atoms with E-state index in [1.54, 1.807) is 0 Å². The van der Waals surface area contributed by atoms with E-state index in [2.05, 4.69) is 27.3 Å². The van der Waals surface area contributed by atoms with Crippen molar-refractivity contribution >= 4 is 0 Å². The molecule has 21 heavy (non-hydrogen) atoms. The van der Waals surface area contributed by atoms with Crippen LogP contribution in [-0.4, -0.2) is 74.3 Å². The SMILES string of the molecule is C1CCNCC1.CC.CN1CCN(N2CCCCC2)CC1. The molecule has 4 heteroatoms. The molecule has 0 unspecified atom stereocenters. The molecule has 0 aromatic rings. The number of nitrogens with zero attached hydrogens (tertiary/aromatic N) is 3. The molecule has 0 radical (unpaired) electrons. The van der Waals surface area contributed by atoms with Crippen molar-refractivity contribution in [2.45, 2.75) is 52.4 Å². The summed E-state index contributed by atoms with van der Waals surface area (Å²) in [6, 6.07) is 0. The maximum atomic E-state index is 3.28. The van der Waals surface area contributed by atoms with E-state index in [1.165, 1.54) is 90.9 Å². The topological polar surface area (TPSA) is 21.8 Å². The Morgan fingerprint density at radius 1 is 0.571 bits per heavy atom. The molecule has 3 saturated heterocycles. The first kappa shape index (κ1) is 18.9. The van der Waals surface area contributed by atoms with E-state index in [1.807, 2.05) is 13.8 Å². The Kier molecular flexibility index (Phi) is 11.1. The Hall–Kier alpha value is -0.160. The minimum Gasteiger partial charge on any atom is -0.317 e. The standard InChI is InChI=1S/C10H21N3.C5H11N.C2H6/c1-11-7-9-13(10-8-11)12-5-3-2-4-6-12;1-2-4-6-5-3-1;1-2/h2-10H2,1H3;6H,1-5H2;1-2H3. The molecule has 0 aliphatic carbocycles. The summed E-state index contributed by atoms with van der Waals surface area (Å²) in [5.41, 5.74) is 0. The van der Waals surface area contributed by atoms with Crippen LogP contribution in [0, 0.1) is 0 Å². The van der Waals surface area contributed by atoms with Crippen molar-refractivity contribution in [3.63, 3.8) is 0 Å². The van der Waals surface area contributed by atoms with Gasteiger partial charge < -0.3 is 10.2 Å². The van der Waals surface area contributed by atoms with Crippen LogP contribution in [0.4, 0.5) is 0 Å². The summed E-state index contributed by atoms with van der Waals surface area (Å²) in [5, 5.41) is 8.41. The number of piperazine rings is 1. The molecule has 1 N–H and O–H groups in total. The molecule has 0 atom stereocenters. The van der Waals surface area contributed by atoms with Gasteiger partial charge in [0.05, 0.1) is 0 Å². The second-order valence-corrected chi connectivity index (χ2v) is 6.08. The highest BCUT2D eigenvalue weighted by Crippen LogP contribution is 2.12. The van der Waals surface area contributed by atoms with E-state index in [4.69, 9.17) is 0 Å². The van der Waals surface area contributed by atoms with Gasteiger partial charge in [0.1, 0.15) is 0 Å². The van der Waals surface area contributed by atoms with Crippen LogP contribution in [-0.2, 0) is 0 Å². The van der Waals surface area contributed by atoms with Crippen molar-refractivity contribution in [3.05, 3.63) is 0 Å². The molecular weight excluding hydrogens is 260 g/mol. The second kappa shape index (κ2) is 12.4. The number of nitrogens with one attached hydrogen (secondary N) is 1. The molecule has 126 valence electrons. The molecule has 0 spiro atoms. The maximum absolute atomic E-state index is 3.28. The fourth-order valence-corrected chi connectivity index (χ4v) is 3.04. The number of rotatable bonds is 1. The quantitative estimate of drug-likeness (QED) is 0.802. The van der Waals surface area contributed by atoms with Crippen LogP contribution in [0.2, 0.25) is 0 Å². The van der Waals surface area contributed by atoms with Crippen LogP contribution in [0.5, 0.6) is 0 Å². The van der Waals surface area contributed by atoms with Crippen LogP contribution in [0.3, 0.4) is 0 Å². The molecule has 3 aliphatic rings. The summed E-state index contributed by atoms with van der Waals surface area (Å²) in [4.78, 5) is 2.42. The van der Waals surface area contributed by atoms with Gasteiger partial charge in [-0.3, -0.25) is 0 Å². The predicted octanol–water partition coefficient (Wildman–Crippen LogP) is 2.42. The summed E-state index contributed by atoms with van der Waals surface area (Å²) in [7, 11) is 2.22. The van der Waals surface area contributed by atoms with E-state index < -0.39 is 0 Å². The van der Waals surface area contributed by atoms with Gasteiger partial charge in [-0.1, -0.05) is 26.7 Å². The average Bonchev–Trinajstić information content (AvgIpc) is 2.60. The van der Waals surface area contributed by atoms with E-state index in [0.29, 0.717) is 0 Å². The van der Waals surface area contributed by atoms with Crippen molar-refractivity contribution in [2.24, 2.45) is 0 Å².